The minimum Gasteiger partial charge on any atom is -0.396 e. The van der Waals surface area contributed by atoms with E-state index in [0.717, 1.165) is 31.7 Å². The molecule has 1 aliphatic rings. The van der Waals surface area contributed by atoms with Gasteiger partial charge in [-0.05, 0) is 24.3 Å². The third-order valence-corrected chi connectivity index (χ3v) is 5.84. The van der Waals surface area contributed by atoms with Crippen molar-refractivity contribution in [2.45, 2.75) is 32.2 Å². The number of halogens is 2. The fourth-order valence-electron chi connectivity index (χ4n) is 3.98. The molecule has 0 aromatic carbocycles. The van der Waals surface area contributed by atoms with Crippen LogP contribution in [-0.4, -0.2) is 44.0 Å². The van der Waals surface area contributed by atoms with E-state index < -0.39 is 23.6 Å². The van der Waals surface area contributed by atoms with E-state index >= 15 is 0 Å². The highest BCUT2D eigenvalue weighted by Gasteiger charge is 2.44. The highest BCUT2D eigenvalue weighted by Crippen LogP contribution is 2.46. The molecule has 0 amide bonds. The van der Waals surface area contributed by atoms with Gasteiger partial charge in [0.2, 0.25) is 0 Å². The summed E-state index contributed by atoms with van der Waals surface area (Å²) in [5.74, 6) is -1.74. The van der Waals surface area contributed by atoms with Gasteiger partial charge in [0.1, 0.15) is 17.8 Å². The Balaban J connectivity index is 1.72. The zero-order chi connectivity index (χ0) is 20.6. The molecular formula is C20H21F2N5O2. The lowest BCUT2D eigenvalue weighted by Crippen LogP contribution is -2.49. The summed E-state index contributed by atoms with van der Waals surface area (Å²) in [6, 6.07) is 0.832. The third-order valence-electron chi connectivity index (χ3n) is 5.84. The molecule has 29 heavy (non-hydrogen) atoms. The molecule has 3 aromatic heterocycles. The number of aldehydes is 1. The van der Waals surface area contributed by atoms with Crippen molar-refractivity contribution < 1.29 is 18.7 Å². The Bertz CT molecular complexity index is 1050. The van der Waals surface area contributed by atoms with E-state index in [1.54, 1.807) is 6.20 Å². The largest absolute Gasteiger partial charge is 0.396 e. The quantitative estimate of drug-likeness (QED) is 0.526. The number of carbonyl (C=O) groups is 1. The van der Waals surface area contributed by atoms with Gasteiger partial charge in [0.05, 0.1) is 24.9 Å². The number of aromatic amines is 1. The summed E-state index contributed by atoms with van der Waals surface area (Å²) in [7, 11) is 0. The first-order valence-corrected chi connectivity index (χ1v) is 9.43. The van der Waals surface area contributed by atoms with Crippen molar-refractivity contribution in [3.8, 4) is 11.4 Å². The number of fused-ring (bicyclic) bond motifs is 1. The van der Waals surface area contributed by atoms with Crippen LogP contribution in [0.4, 0.5) is 14.6 Å². The minimum atomic E-state index is -0.690. The molecule has 0 bridgehead atoms. The highest BCUT2D eigenvalue weighted by molar-refractivity contribution is 5.91. The molecule has 0 aliphatic heterocycles. The predicted octanol–water partition coefficient (Wildman–Crippen LogP) is 3.08. The molecule has 152 valence electrons. The smallest absolute Gasteiger partial charge is 0.183 e. The van der Waals surface area contributed by atoms with E-state index in [9.17, 15) is 18.7 Å². The molecule has 1 aliphatic carbocycles. The second-order valence-electron chi connectivity index (χ2n) is 7.75. The lowest BCUT2D eigenvalue weighted by molar-refractivity contribution is -0.114. The number of aromatic nitrogens is 4. The van der Waals surface area contributed by atoms with Crippen LogP contribution in [0.1, 0.15) is 26.2 Å². The number of pyridine rings is 1. The number of H-pyrrole nitrogens is 1. The van der Waals surface area contributed by atoms with E-state index in [1.807, 2.05) is 6.92 Å². The van der Waals surface area contributed by atoms with Crippen molar-refractivity contribution in [3.63, 3.8) is 0 Å². The molecule has 3 N–H and O–H groups in total. The summed E-state index contributed by atoms with van der Waals surface area (Å²) < 4.78 is 28.1. The van der Waals surface area contributed by atoms with Gasteiger partial charge in [-0.3, -0.25) is 0 Å². The number of aliphatic hydroxyl groups is 1. The summed E-state index contributed by atoms with van der Waals surface area (Å²) >= 11 is 0. The molecule has 2 atom stereocenters. The first-order chi connectivity index (χ1) is 13.9. The van der Waals surface area contributed by atoms with Crippen LogP contribution in [0.3, 0.4) is 0 Å². The van der Waals surface area contributed by atoms with E-state index in [4.69, 9.17) is 0 Å². The van der Waals surface area contributed by atoms with Crippen molar-refractivity contribution >= 4 is 23.1 Å². The Kier molecular flexibility index (Phi) is 4.99. The number of aliphatic hydroxyl groups excluding tert-OH is 1. The highest BCUT2D eigenvalue weighted by atomic mass is 19.1. The van der Waals surface area contributed by atoms with Crippen LogP contribution in [0.15, 0.2) is 24.7 Å². The fourth-order valence-corrected chi connectivity index (χ4v) is 3.98. The van der Waals surface area contributed by atoms with E-state index in [2.05, 4.69) is 25.3 Å². The Morgan fingerprint density at radius 3 is 2.79 bits per heavy atom. The van der Waals surface area contributed by atoms with Gasteiger partial charge in [-0.15, -0.1) is 0 Å². The van der Waals surface area contributed by atoms with E-state index in [-0.39, 0.29) is 23.7 Å². The summed E-state index contributed by atoms with van der Waals surface area (Å²) in [5.41, 5.74) is 0.695. The average Bonchev–Trinajstić information content (AvgIpc) is 3.10. The molecule has 1 saturated carbocycles. The monoisotopic (exact) mass is 401 g/mol. The van der Waals surface area contributed by atoms with Crippen LogP contribution in [-0.2, 0) is 4.79 Å². The number of hydrogen-bond acceptors (Lipinski definition) is 6. The first kappa shape index (κ1) is 19.4. The van der Waals surface area contributed by atoms with Gasteiger partial charge in [-0.25, -0.2) is 23.7 Å². The number of anilines is 1. The zero-order valence-corrected chi connectivity index (χ0v) is 15.8. The van der Waals surface area contributed by atoms with Crippen LogP contribution >= 0.6 is 0 Å². The van der Waals surface area contributed by atoms with Crippen molar-refractivity contribution in [3.05, 3.63) is 36.3 Å². The molecule has 3 aromatic rings. The predicted molar refractivity (Wildman–Crippen MR) is 103 cm³/mol. The van der Waals surface area contributed by atoms with Gasteiger partial charge in [0.15, 0.2) is 17.5 Å². The minimum absolute atomic E-state index is 0.0628. The number of nitrogens with one attached hydrogen (secondary N) is 2. The van der Waals surface area contributed by atoms with Gasteiger partial charge < -0.3 is 20.2 Å². The fraction of sp³-hybridized carbons (Fsp3) is 0.400. The summed E-state index contributed by atoms with van der Waals surface area (Å²) in [5, 5.41) is 13.1. The Hall–Kier alpha value is -2.94. The Morgan fingerprint density at radius 1 is 1.34 bits per heavy atom. The van der Waals surface area contributed by atoms with Gasteiger partial charge in [-0.2, -0.15) is 0 Å². The molecular weight excluding hydrogens is 380 g/mol. The van der Waals surface area contributed by atoms with Gasteiger partial charge >= 0.3 is 0 Å². The molecule has 9 heteroatoms. The normalized spacial score (nSPS) is 17.5. The van der Waals surface area contributed by atoms with Crippen LogP contribution in [0, 0.1) is 23.0 Å². The topological polar surface area (TPSA) is 104 Å². The van der Waals surface area contributed by atoms with Crippen LogP contribution in [0.2, 0.25) is 0 Å². The number of rotatable bonds is 7. The Morgan fingerprint density at radius 2 is 2.14 bits per heavy atom. The molecule has 7 nitrogen and oxygen atoms in total. The van der Waals surface area contributed by atoms with Crippen molar-refractivity contribution in [1.29, 1.82) is 0 Å². The van der Waals surface area contributed by atoms with Gasteiger partial charge in [0.25, 0.3) is 0 Å². The van der Waals surface area contributed by atoms with E-state index in [0.29, 0.717) is 22.9 Å². The summed E-state index contributed by atoms with van der Waals surface area (Å²) in [6.45, 7) is 1.66. The maximum Gasteiger partial charge on any atom is 0.183 e. The van der Waals surface area contributed by atoms with Crippen molar-refractivity contribution in [2.75, 3.05) is 11.9 Å². The molecule has 1 fully saturated rings. The molecule has 0 spiro atoms. The Labute approximate surface area is 165 Å². The lowest BCUT2D eigenvalue weighted by Gasteiger charge is -2.47. The van der Waals surface area contributed by atoms with E-state index in [1.165, 1.54) is 6.07 Å². The maximum absolute atomic E-state index is 14.5. The number of nitrogens with zero attached hydrogens (tertiary/aromatic N) is 3. The van der Waals surface area contributed by atoms with Crippen molar-refractivity contribution in [1.82, 2.24) is 19.9 Å². The van der Waals surface area contributed by atoms with Crippen LogP contribution < -0.4 is 5.32 Å². The molecule has 0 saturated heterocycles. The third kappa shape index (κ3) is 3.46. The van der Waals surface area contributed by atoms with Gasteiger partial charge in [0, 0.05) is 23.2 Å². The average molecular weight is 401 g/mol. The molecule has 3 heterocycles. The first-order valence-electron chi connectivity index (χ1n) is 9.43. The zero-order valence-electron chi connectivity index (χ0n) is 15.8. The summed E-state index contributed by atoms with van der Waals surface area (Å²) in [4.78, 5) is 26.7. The summed E-state index contributed by atoms with van der Waals surface area (Å²) in [6.07, 6.45) is 7.14. The number of hydrogen-bond donors (Lipinski definition) is 3. The standard InChI is InChI=1S/C20H21F2N5O2/c1-20(3-2-4-20)16(11(9-28)10-29)26-19-15(22)8-25-18(27-19)14-7-24-17-13(14)5-12(21)6-23-17/h5-9,11,16,29H,2-4,10H2,1H3,(H,23,24)(H,25,26,27). The SMILES string of the molecule is CC1(C(Nc2nc(-c3c[nH]c4ncc(F)cc34)ncc2F)C(C=O)CO)CCC1. The molecule has 2 unspecified atom stereocenters. The van der Waals surface area contributed by atoms with Crippen LogP contribution in [0.25, 0.3) is 22.4 Å². The maximum atomic E-state index is 14.5. The lowest BCUT2D eigenvalue weighted by atomic mass is 9.62. The second-order valence-corrected chi connectivity index (χ2v) is 7.75. The molecule has 4 rings (SSSR count). The van der Waals surface area contributed by atoms with Gasteiger partial charge in [-0.1, -0.05) is 13.3 Å². The molecule has 0 radical (unpaired) electrons. The van der Waals surface area contributed by atoms with Crippen molar-refractivity contribution in [2.24, 2.45) is 11.3 Å². The number of carbonyl (C=O) groups excluding carboxylic acids is 1. The van der Waals surface area contributed by atoms with Crippen LogP contribution in [0.5, 0.6) is 0 Å². The second kappa shape index (κ2) is 7.47.